The minimum atomic E-state index is 0.712. The van der Waals surface area contributed by atoms with Crippen molar-refractivity contribution in [3.8, 4) is 0 Å². The van der Waals surface area contributed by atoms with Crippen LogP contribution in [0.4, 0.5) is 0 Å². The van der Waals surface area contributed by atoms with Gasteiger partial charge in [-0.2, -0.15) is 0 Å². The van der Waals surface area contributed by atoms with Crippen LogP contribution in [-0.2, 0) is 0 Å². The fraction of sp³-hybridized carbons (Fsp3) is 0.714. The first-order chi connectivity index (χ1) is 4.20. The largest absolute Gasteiger partial charge is 0.123 e. The summed E-state index contributed by atoms with van der Waals surface area (Å²) in [5.74, 6) is 0. The predicted molar refractivity (Wildman–Crippen MR) is 50.0 cm³/mol. The molecule has 0 heterocycles. The third-order valence-corrected chi connectivity index (χ3v) is 3.15. The Bertz CT molecular complexity index is 95.1. The van der Waals surface area contributed by atoms with Crippen molar-refractivity contribution in [2.45, 2.75) is 26.0 Å². The van der Waals surface area contributed by atoms with Crippen LogP contribution in [0.25, 0.3) is 0 Å². The molecule has 0 amide bonds. The molecule has 0 aliphatic rings. The summed E-state index contributed by atoms with van der Waals surface area (Å²) in [6.45, 7) is 6.51. The van der Waals surface area contributed by atoms with E-state index in [0.29, 0.717) is 5.25 Å². The minimum Gasteiger partial charge on any atom is -0.123 e. The van der Waals surface area contributed by atoms with E-state index >= 15 is 0 Å². The Kier molecular flexibility index (Phi) is 5.50. The first-order valence-corrected chi connectivity index (χ1v) is 5.18. The quantitative estimate of drug-likeness (QED) is 0.624. The van der Waals surface area contributed by atoms with Crippen molar-refractivity contribution in [3.05, 3.63) is 10.3 Å². The zero-order chi connectivity index (χ0) is 7.28. The molecule has 0 rings (SSSR count). The van der Waals surface area contributed by atoms with Crippen molar-refractivity contribution in [3.63, 3.8) is 0 Å². The Hall–Kier alpha value is 0.440. The molecule has 0 unspecified atom stereocenters. The lowest BCUT2D eigenvalue weighted by molar-refractivity contribution is 1.12. The summed E-state index contributed by atoms with van der Waals surface area (Å²) in [4.78, 5) is 0. The molecular formula is C7H14S2. The molecule has 0 aliphatic carbocycles. The molecule has 2 heteroatoms. The zero-order valence-corrected chi connectivity index (χ0v) is 8.10. The molecule has 0 atom stereocenters. The highest BCUT2D eigenvalue weighted by Crippen LogP contribution is 2.29. The number of rotatable bonds is 3. The van der Waals surface area contributed by atoms with E-state index in [2.05, 4.69) is 33.1 Å². The SMILES string of the molecule is C/C=C(/SC)SC(C)C. The smallest absolute Gasteiger partial charge is 0.0357 e. The highest BCUT2D eigenvalue weighted by Gasteiger charge is 1.96. The summed E-state index contributed by atoms with van der Waals surface area (Å²) in [6, 6.07) is 0. The third kappa shape index (κ3) is 4.91. The van der Waals surface area contributed by atoms with Crippen molar-refractivity contribution in [2.24, 2.45) is 0 Å². The molecule has 0 nitrogen and oxygen atoms in total. The second kappa shape index (κ2) is 5.24. The minimum absolute atomic E-state index is 0.712. The molecule has 0 saturated carbocycles. The maximum absolute atomic E-state index is 2.21. The van der Waals surface area contributed by atoms with Gasteiger partial charge in [-0.05, 0) is 13.2 Å². The molecule has 0 aromatic carbocycles. The summed E-state index contributed by atoms with van der Waals surface area (Å²) in [6.07, 6.45) is 4.28. The Balaban J connectivity index is 3.58. The first kappa shape index (κ1) is 9.44. The number of hydrogen-bond acceptors (Lipinski definition) is 2. The van der Waals surface area contributed by atoms with Crippen LogP contribution in [0.3, 0.4) is 0 Å². The van der Waals surface area contributed by atoms with Crippen LogP contribution < -0.4 is 0 Å². The van der Waals surface area contributed by atoms with E-state index in [1.54, 1.807) is 0 Å². The van der Waals surface area contributed by atoms with E-state index in [1.807, 2.05) is 23.5 Å². The molecule has 0 saturated heterocycles. The maximum atomic E-state index is 2.21. The van der Waals surface area contributed by atoms with Crippen molar-refractivity contribution >= 4 is 23.5 Å². The average molecular weight is 162 g/mol. The lowest BCUT2D eigenvalue weighted by Crippen LogP contribution is -1.84. The third-order valence-electron chi connectivity index (χ3n) is 0.789. The zero-order valence-electron chi connectivity index (χ0n) is 6.47. The molecule has 0 aliphatic heterocycles. The highest BCUT2D eigenvalue weighted by atomic mass is 32.2. The summed E-state index contributed by atoms with van der Waals surface area (Å²) in [5.41, 5.74) is 0. The maximum Gasteiger partial charge on any atom is 0.0357 e. The normalized spacial score (nSPS) is 12.8. The van der Waals surface area contributed by atoms with Gasteiger partial charge in [-0.1, -0.05) is 19.9 Å². The first-order valence-electron chi connectivity index (χ1n) is 3.07. The molecule has 0 aromatic rings. The van der Waals surface area contributed by atoms with E-state index in [1.165, 1.54) is 4.24 Å². The van der Waals surface area contributed by atoms with Gasteiger partial charge in [-0.3, -0.25) is 0 Å². The van der Waals surface area contributed by atoms with Gasteiger partial charge in [-0.25, -0.2) is 0 Å². The Labute approximate surface area is 66.5 Å². The number of allylic oxidation sites excluding steroid dienone is 1. The van der Waals surface area contributed by atoms with Gasteiger partial charge in [0.1, 0.15) is 0 Å². The van der Waals surface area contributed by atoms with E-state index in [9.17, 15) is 0 Å². The Morgan fingerprint density at radius 3 is 2.11 bits per heavy atom. The Morgan fingerprint density at radius 2 is 2.00 bits per heavy atom. The van der Waals surface area contributed by atoms with Crippen LogP contribution in [0.1, 0.15) is 20.8 Å². The van der Waals surface area contributed by atoms with E-state index in [4.69, 9.17) is 0 Å². The molecule has 54 valence electrons. The molecule has 0 radical (unpaired) electrons. The lowest BCUT2D eigenvalue weighted by Gasteiger charge is -2.04. The predicted octanol–water partition coefficient (Wildman–Crippen LogP) is 3.35. The van der Waals surface area contributed by atoms with Gasteiger partial charge in [0, 0.05) is 9.49 Å². The monoisotopic (exact) mass is 162 g/mol. The van der Waals surface area contributed by atoms with Crippen LogP contribution in [0.15, 0.2) is 10.3 Å². The van der Waals surface area contributed by atoms with Crippen molar-refractivity contribution < 1.29 is 0 Å². The topological polar surface area (TPSA) is 0 Å². The van der Waals surface area contributed by atoms with Gasteiger partial charge in [-0.15, -0.1) is 23.5 Å². The summed E-state index contributed by atoms with van der Waals surface area (Å²) in [7, 11) is 0. The number of hydrogen-bond donors (Lipinski definition) is 0. The van der Waals surface area contributed by atoms with Gasteiger partial charge < -0.3 is 0 Å². The number of thioether (sulfide) groups is 2. The molecule has 0 N–H and O–H groups in total. The second-order valence-electron chi connectivity index (χ2n) is 1.98. The standard InChI is InChI=1S/C7H14S2/c1-5-7(8-4)9-6(2)3/h5-6H,1-4H3/b7-5-. The van der Waals surface area contributed by atoms with E-state index in [-0.39, 0.29) is 0 Å². The van der Waals surface area contributed by atoms with Gasteiger partial charge in [0.2, 0.25) is 0 Å². The van der Waals surface area contributed by atoms with Crippen LogP contribution in [-0.4, -0.2) is 11.5 Å². The van der Waals surface area contributed by atoms with Crippen LogP contribution in [0, 0.1) is 0 Å². The van der Waals surface area contributed by atoms with Gasteiger partial charge >= 0.3 is 0 Å². The summed E-state index contributed by atoms with van der Waals surface area (Å²) >= 11 is 3.75. The molecule has 0 spiro atoms. The second-order valence-corrected chi connectivity index (χ2v) is 4.70. The molecular weight excluding hydrogens is 148 g/mol. The van der Waals surface area contributed by atoms with Crippen molar-refractivity contribution in [2.75, 3.05) is 6.26 Å². The van der Waals surface area contributed by atoms with Gasteiger partial charge in [0.05, 0.1) is 0 Å². The Morgan fingerprint density at radius 1 is 1.44 bits per heavy atom. The van der Waals surface area contributed by atoms with E-state index in [0.717, 1.165) is 0 Å². The van der Waals surface area contributed by atoms with E-state index < -0.39 is 0 Å². The molecule has 0 aromatic heterocycles. The molecule has 0 fully saturated rings. The van der Waals surface area contributed by atoms with Crippen LogP contribution in [0.5, 0.6) is 0 Å². The highest BCUT2D eigenvalue weighted by molar-refractivity contribution is 8.22. The summed E-state index contributed by atoms with van der Waals surface area (Å²) < 4.78 is 1.42. The van der Waals surface area contributed by atoms with Gasteiger partial charge in [0.15, 0.2) is 0 Å². The fourth-order valence-electron chi connectivity index (χ4n) is 0.466. The molecule has 0 bridgehead atoms. The average Bonchev–Trinajstić information content (AvgIpc) is 1.82. The fourth-order valence-corrected chi connectivity index (χ4v) is 2.26. The van der Waals surface area contributed by atoms with Gasteiger partial charge in [0.25, 0.3) is 0 Å². The van der Waals surface area contributed by atoms with Crippen LogP contribution in [0.2, 0.25) is 0 Å². The lowest BCUT2D eigenvalue weighted by atomic mass is 10.6. The molecule has 9 heavy (non-hydrogen) atoms. The van der Waals surface area contributed by atoms with Crippen molar-refractivity contribution in [1.82, 2.24) is 0 Å². The van der Waals surface area contributed by atoms with Crippen molar-refractivity contribution in [1.29, 1.82) is 0 Å². The van der Waals surface area contributed by atoms with Crippen LogP contribution >= 0.6 is 23.5 Å². The summed E-state index contributed by atoms with van der Waals surface area (Å²) in [5, 5.41) is 0.712.